The second kappa shape index (κ2) is 27.1. The van der Waals surface area contributed by atoms with Gasteiger partial charge in [0.2, 0.25) is 5.96 Å². The van der Waals surface area contributed by atoms with E-state index in [-0.39, 0.29) is 58.4 Å². The van der Waals surface area contributed by atoms with E-state index in [2.05, 4.69) is 25.6 Å². The molecule has 0 saturated heterocycles. The van der Waals surface area contributed by atoms with Crippen molar-refractivity contribution in [1.29, 1.82) is 5.26 Å². The molecule has 0 fully saturated rings. The minimum atomic E-state index is -2.97. The van der Waals surface area contributed by atoms with Gasteiger partial charge in [-0.25, -0.2) is 4.98 Å². The first-order chi connectivity index (χ1) is 19.8. The minimum Gasteiger partial charge on any atom is -0.550 e. The number of thioether (sulfide) groups is 1. The molecular formula is C22H26N6O14SZn3. The zero-order chi connectivity index (χ0) is 33.8. The normalized spacial score (nSPS) is 10.2. The van der Waals surface area contributed by atoms with Crippen LogP contribution < -0.4 is 41.3 Å². The standard InChI is InChI=1S/C10H16N6S.2C6H8O7.3Zn/c1-8-9(16-7-15-8)5-17-4-3-13-10(12-2)14-6-11;2*7-3(8)1-6(13,5(11)12)2-4(9)10;;;/h7H,3-5H2,1-2H3,(H,15,16)(H2,12,13,14);2*13H,1-2H2,(H,7,8)(H,9,10)(H,11,12);;;/q;;;3*+2/p-6. The summed E-state index contributed by atoms with van der Waals surface area (Å²) < 4.78 is 0. The molecule has 1 aromatic heterocycles. The molecule has 0 aromatic carbocycles. The number of hydrogen-bond acceptors (Lipinski definition) is 18. The molecule has 0 saturated carbocycles. The second-order valence-electron chi connectivity index (χ2n) is 8.08. The van der Waals surface area contributed by atoms with Gasteiger partial charge in [0.25, 0.3) is 0 Å². The summed E-state index contributed by atoms with van der Waals surface area (Å²) in [5, 5.41) is 91.5. The summed E-state index contributed by atoms with van der Waals surface area (Å²) >= 11 is 1.77. The van der Waals surface area contributed by atoms with Crippen LogP contribution in [0.3, 0.4) is 0 Å². The number of carbonyl (C=O) groups is 6. The number of guanidine groups is 1. The van der Waals surface area contributed by atoms with Crippen LogP contribution in [0.25, 0.3) is 0 Å². The number of carboxylic acids is 6. The number of hydrogen-bond donors (Lipinski definition) is 5. The molecule has 1 aromatic rings. The van der Waals surface area contributed by atoms with E-state index in [1.807, 2.05) is 13.1 Å². The van der Waals surface area contributed by atoms with Crippen LogP contribution in [-0.4, -0.2) is 92.5 Å². The topological polar surface area (TPSA) is 370 Å². The number of aliphatic hydroxyl groups is 2. The number of aryl methyl sites for hydroxylation is 1. The van der Waals surface area contributed by atoms with Crippen molar-refractivity contribution in [2.24, 2.45) is 4.99 Å². The van der Waals surface area contributed by atoms with E-state index < -0.39 is 72.7 Å². The van der Waals surface area contributed by atoms with Crippen molar-refractivity contribution in [1.82, 2.24) is 20.6 Å². The molecule has 46 heavy (non-hydrogen) atoms. The average molecular weight is 827 g/mol. The fourth-order valence-electron chi connectivity index (χ4n) is 2.53. The van der Waals surface area contributed by atoms with E-state index in [1.54, 1.807) is 25.1 Å². The first-order valence-corrected chi connectivity index (χ1v) is 12.6. The van der Waals surface area contributed by atoms with Gasteiger partial charge in [0.15, 0.2) is 6.19 Å². The summed E-state index contributed by atoms with van der Waals surface area (Å²) in [5.41, 5.74) is -3.75. The predicted octanol–water partition coefficient (Wildman–Crippen LogP) is -9.92. The molecule has 0 spiro atoms. The Balaban J connectivity index is -0.000000180. The number of carbonyl (C=O) groups excluding carboxylic acids is 6. The third kappa shape index (κ3) is 24.2. The van der Waals surface area contributed by atoms with Crippen LogP contribution in [0, 0.1) is 18.4 Å². The van der Waals surface area contributed by atoms with Crippen LogP contribution in [0.1, 0.15) is 37.1 Å². The van der Waals surface area contributed by atoms with Crippen molar-refractivity contribution in [3.63, 3.8) is 0 Å². The zero-order valence-corrected chi connectivity index (χ0v) is 34.4. The fourth-order valence-corrected chi connectivity index (χ4v) is 3.38. The molecule has 0 atom stereocenters. The third-order valence-electron chi connectivity index (χ3n) is 4.60. The second-order valence-corrected chi connectivity index (χ2v) is 9.18. The largest absolute Gasteiger partial charge is 2.00 e. The smallest absolute Gasteiger partial charge is 0.550 e. The zero-order valence-electron chi connectivity index (χ0n) is 24.7. The molecule has 20 nitrogen and oxygen atoms in total. The number of H-pyrrole nitrogens is 1. The van der Waals surface area contributed by atoms with Crippen LogP contribution in [0.15, 0.2) is 11.3 Å². The van der Waals surface area contributed by atoms with Crippen molar-refractivity contribution in [2.75, 3.05) is 19.3 Å². The van der Waals surface area contributed by atoms with E-state index in [0.29, 0.717) is 12.5 Å². The van der Waals surface area contributed by atoms with Gasteiger partial charge in [0.05, 0.1) is 30.5 Å². The van der Waals surface area contributed by atoms with Gasteiger partial charge < -0.3 is 79.9 Å². The number of nitrogens with one attached hydrogen (secondary N) is 3. The van der Waals surface area contributed by atoms with Gasteiger partial charge in [0, 0.05) is 73.8 Å². The number of nitriles is 1. The van der Waals surface area contributed by atoms with E-state index in [4.69, 9.17) is 15.5 Å². The molecule has 5 N–H and O–H groups in total. The minimum absolute atomic E-state index is 0. The van der Waals surface area contributed by atoms with Crippen LogP contribution >= 0.6 is 11.8 Å². The molecule has 0 aliphatic rings. The Kier molecular flexibility index (Phi) is 30.9. The van der Waals surface area contributed by atoms with Crippen LogP contribution in [0.2, 0.25) is 0 Å². The third-order valence-corrected chi connectivity index (χ3v) is 5.55. The molecule has 1 rings (SSSR count). The number of nitrogens with zero attached hydrogens (tertiary/aromatic N) is 3. The van der Waals surface area contributed by atoms with E-state index in [1.165, 1.54) is 0 Å². The van der Waals surface area contributed by atoms with E-state index in [9.17, 15) is 59.4 Å². The molecule has 0 aliphatic carbocycles. The quantitative estimate of drug-likeness (QED) is 0.0274. The van der Waals surface area contributed by atoms with Crippen molar-refractivity contribution >= 4 is 53.5 Å². The Hall–Kier alpha value is -3.07. The molecule has 0 unspecified atom stereocenters. The first kappa shape index (κ1) is 52.5. The Morgan fingerprint density at radius 3 is 1.54 bits per heavy atom. The van der Waals surface area contributed by atoms with E-state index >= 15 is 0 Å². The van der Waals surface area contributed by atoms with Crippen LogP contribution in [-0.2, 0) is 93.0 Å². The van der Waals surface area contributed by atoms with Crippen molar-refractivity contribution in [3.05, 3.63) is 17.7 Å². The summed E-state index contributed by atoms with van der Waals surface area (Å²) in [7, 11) is 1.73. The number of aromatic amines is 1. The van der Waals surface area contributed by atoms with Gasteiger partial charge in [-0.1, -0.05) is 0 Å². The molecular weight excluding hydrogens is 801 g/mol. The molecule has 240 valence electrons. The van der Waals surface area contributed by atoms with Crippen molar-refractivity contribution in [3.8, 4) is 6.19 Å². The summed E-state index contributed by atoms with van der Waals surface area (Å²) in [4.78, 5) is 71.5. The number of aromatic nitrogens is 2. The van der Waals surface area contributed by atoms with Gasteiger partial charge in [-0.15, -0.1) is 0 Å². The summed E-state index contributed by atoms with van der Waals surface area (Å²) in [6.07, 6.45) is -1.90. The molecule has 0 aliphatic heterocycles. The Morgan fingerprint density at radius 1 is 0.891 bits per heavy atom. The van der Waals surface area contributed by atoms with Gasteiger partial charge >= 0.3 is 58.4 Å². The fraction of sp³-hybridized carbons (Fsp3) is 0.500. The SMILES string of the molecule is CNC(=NCCSCc1nc[nH]c1C)NC#N.O=C([O-])CC(O)(CC(=O)[O-])C(=O)[O-].O=C([O-])CC(O)(CC(=O)[O-])C(=O)[O-].[Zn+2].[Zn+2].[Zn+2]. The van der Waals surface area contributed by atoms with Crippen LogP contribution in [0.5, 0.6) is 0 Å². The van der Waals surface area contributed by atoms with Crippen molar-refractivity contribution in [2.45, 2.75) is 49.6 Å². The summed E-state index contributed by atoms with van der Waals surface area (Å²) in [6.45, 7) is 2.68. The van der Waals surface area contributed by atoms with Gasteiger partial charge in [-0.05, 0) is 6.92 Å². The van der Waals surface area contributed by atoms with E-state index in [0.717, 1.165) is 22.9 Å². The Morgan fingerprint density at radius 2 is 1.28 bits per heavy atom. The number of imidazole rings is 1. The Bertz CT molecular complexity index is 1130. The number of aliphatic carboxylic acids is 6. The maximum Gasteiger partial charge on any atom is 2.00 e. The monoisotopic (exact) mass is 822 g/mol. The molecule has 1 heterocycles. The average Bonchev–Trinajstić information content (AvgIpc) is 3.26. The summed E-state index contributed by atoms with van der Waals surface area (Å²) in [5.74, 6) is -9.69. The summed E-state index contributed by atoms with van der Waals surface area (Å²) in [6, 6.07) is 0. The molecule has 0 bridgehead atoms. The maximum atomic E-state index is 10.1. The first-order valence-electron chi connectivity index (χ1n) is 11.4. The predicted molar refractivity (Wildman–Crippen MR) is 128 cm³/mol. The van der Waals surface area contributed by atoms with Gasteiger partial charge in [-0.3, -0.25) is 10.3 Å². The van der Waals surface area contributed by atoms with Gasteiger partial charge in [-0.2, -0.15) is 17.0 Å². The number of aliphatic imine (C=N–C) groups is 1. The number of carboxylic acid groups (broad SMARTS) is 6. The number of rotatable bonds is 15. The van der Waals surface area contributed by atoms with Crippen molar-refractivity contribution < 1.29 is 128 Å². The van der Waals surface area contributed by atoms with Crippen LogP contribution in [0.4, 0.5) is 0 Å². The molecule has 0 radical (unpaired) electrons. The van der Waals surface area contributed by atoms with Gasteiger partial charge in [0.1, 0.15) is 11.2 Å². The molecule has 24 heteroatoms. The maximum absolute atomic E-state index is 10.1. The Labute approximate surface area is 303 Å². The molecule has 0 amide bonds.